The second-order valence-corrected chi connectivity index (χ2v) is 5.51. The minimum atomic E-state index is -0.378. The van der Waals surface area contributed by atoms with Gasteiger partial charge in [0.1, 0.15) is 5.82 Å². The average molecular weight is 298 g/mol. The molecular formula is C15H14Cl2FN. The first kappa shape index (κ1) is 14.3. The molecule has 2 N–H and O–H groups in total. The van der Waals surface area contributed by atoms with Gasteiger partial charge in [-0.25, -0.2) is 4.39 Å². The second-order valence-electron chi connectivity index (χ2n) is 4.63. The van der Waals surface area contributed by atoms with Crippen molar-refractivity contribution in [1.82, 2.24) is 0 Å². The number of hydrogen-bond donors (Lipinski definition) is 1. The molecule has 0 aliphatic rings. The predicted octanol–water partition coefficient (Wildman–Crippen LogP) is 4.80. The fraction of sp³-hybridized carbons (Fsp3) is 0.200. The molecule has 0 aliphatic carbocycles. The number of benzene rings is 2. The van der Waals surface area contributed by atoms with E-state index in [1.165, 1.54) is 12.1 Å². The maximum absolute atomic E-state index is 13.3. The Morgan fingerprint density at radius 3 is 1.89 bits per heavy atom. The highest BCUT2D eigenvalue weighted by Gasteiger charge is 2.16. The molecule has 0 aromatic heterocycles. The molecule has 4 heteroatoms. The van der Waals surface area contributed by atoms with Crippen LogP contribution in [0.25, 0.3) is 0 Å². The highest BCUT2D eigenvalue weighted by molar-refractivity contribution is 6.34. The first-order valence-electron chi connectivity index (χ1n) is 5.86. The van der Waals surface area contributed by atoms with Gasteiger partial charge in [-0.05, 0) is 66.4 Å². The highest BCUT2D eigenvalue weighted by Crippen LogP contribution is 2.30. The van der Waals surface area contributed by atoms with Crippen LogP contribution in [0, 0.1) is 19.7 Å². The van der Waals surface area contributed by atoms with Crippen molar-refractivity contribution in [2.45, 2.75) is 19.9 Å². The molecule has 0 aliphatic heterocycles. The van der Waals surface area contributed by atoms with Crippen LogP contribution in [0.2, 0.25) is 10.0 Å². The van der Waals surface area contributed by atoms with Crippen molar-refractivity contribution in [3.63, 3.8) is 0 Å². The third-order valence-corrected chi connectivity index (χ3v) is 3.55. The Balaban J connectivity index is 2.52. The predicted molar refractivity (Wildman–Crippen MR) is 78.4 cm³/mol. The van der Waals surface area contributed by atoms with Crippen LogP contribution < -0.4 is 5.73 Å². The van der Waals surface area contributed by atoms with E-state index in [2.05, 4.69) is 0 Å². The summed E-state index contributed by atoms with van der Waals surface area (Å²) in [7, 11) is 0. The third kappa shape index (κ3) is 3.08. The summed E-state index contributed by atoms with van der Waals surface area (Å²) in [6, 6.07) is 7.80. The van der Waals surface area contributed by atoms with E-state index in [0.717, 1.165) is 22.3 Å². The van der Waals surface area contributed by atoms with Crippen LogP contribution in [0.3, 0.4) is 0 Å². The molecule has 2 aromatic carbocycles. The van der Waals surface area contributed by atoms with Crippen LogP contribution in [0.4, 0.5) is 4.39 Å². The summed E-state index contributed by atoms with van der Waals surface area (Å²) in [5.74, 6) is -0.255. The molecule has 0 spiro atoms. The summed E-state index contributed by atoms with van der Waals surface area (Å²) < 4.78 is 13.3. The van der Waals surface area contributed by atoms with Crippen LogP contribution in [0.1, 0.15) is 28.3 Å². The smallest absolute Gasteiger partial charge is 0.123 e. The van der Waals surface area contributed by atoms with Crippen LogP contribution in [0.5, 0.6) is 0 Å². The molecule has 0 fully saturated rings. The zero-order chi connectivity index (χ0) is 14.2. The van der Waals surface area contributed by atoms with E-state index in [4.69, 9.17) is 28.9 Å². The van der Waals surface area contributed by atoms with Crippen LogP contribution >= 0.6 is 23.2 Å². The monoisotopic (exact) mass is 297 g/mol. The van der Waals surface area contributed by atoms with E-state index in [1.807, 2.05) is 13.8 Å². The lowest BCUT2D eigenvalue weighted by atomic mass is 9.92. The van der Waals surface area contributed by atoms with Gasteiger partial charge in [0.05, 0.1) is 6.04 Å². The minimum Gasteiger partial charge on any atom is -0.320 e. The lowest BCUT2D eigenvalue weighted by Crippen LogP contribution is -2.15. The van der Waals surface area contributed by atoms with Gasteiger partial charge in [-0.2, -0.15) is 0 Å². The molecule has 2 rings (SSSR count). The molecule has 0 saturated heterocycles. The molecule has 1 nitrogen and oxygen atoms in total. The van der Waals surface area contributed by atoms with Crippen LogP contribution in [0.15, 0.2) is 30.3 Å². The Labute approximate surface area is 122 Å². The number of aryl methyl sites for hydroxylation is 2. The molecule has 0 saturated carbocycles. The summed E-state index contributed by atoms with van der Waals surface area (Å²) in [4.78, 5) is 0. The first-order chi connectivity index (χ1) is 8.88. The number of nitrogens with two attached hydrogens (primary N) is 1. The molecule has 0 bridgehead atoms. The summed E-state index contributed by atoms with van der Waals surface area (Å²) in [5.41, 5.74) is 9.62. The molecule has 100 valence electrons. The van der Waals surface area contributed by atoms with Gasteiger partial charge in [0.15, 0.2) is 0 Å². The topological polar surface area (TPSA) is 26.0 Å². The zero-order valence-electron chi connectivity index (χ0n) is 10.7. The molecular weight excluding hydrogens is 284 g/mol. The van der Waals surface area contributed by atoms with E-state index < -0.39 is 0 Å². The maximum Gasteiger partial charge on any atom is 0.123 e. The van der Waals surface area contributed by atoms with Crippen molar-refractivity contribution in [3.8, 4) is 0 Å². The fourth-order valence-electron chi connectivity index (χ4n) is 2.33. The van der Waals surface area contributed by atoms with Crippen molar-refractivity contribution in [3.05, 3.63) is 68.4 Å². The van der Waals surface area contributed by atoms with E-state index in [-0.39, 0.29) is 11.9 Å². The lowest BCUT2D eigenvalue weighted by molar-refractivity contribution is 0.623. The molecule has 2 aromatic rings. The Hall–Kier alpha value is -1.09. The number of rotatable bonds is 2. The standard InChI is InChI=1S/C15H14Cl2FN/c1-8-3-13(18)4-9(2)14(8)15(19)10-5-11(16)7-12(17)6-10/h3-7,15H,19H2,1-2H3. The fourth-order valence-corrected chi connectivity index (χ4v) is 2.88. The lowest BCUT2D eigenvalue weighted by Gasteiger charge is -2.18. The number of halogens is 3. The quantitative estimate of drug-likeness (QED) is 0.847. The van der Waals surface area contributed by atoms with E-state index >= 15 is 0 Å². The Morgan fingerprint density at radius 1 is 0.947 bits per heavy atom. The zero-order valence-corrected chi connectivity index (χ0v) is 12.2. The van der Waals surface area contributed by atoms with Gasteiger partial charge >= 0.3 is 0 Å². The van der Waals surface area contributed by atoms with Gasteiger partial charge in [-0.1, -0.05) is 23.2 Å². The van der Waals surface area contributed by atoms with Gasteiger partial charge in [-0.15, -0.1) is 0 Å². The van der Waals surface area contributed by atoms with E-state index in [0.29, 0.717) is 10.0 Å². The Kier molecular flexibility index (Phi) is 4.14. The summed E-state index contributed by atoms with van der Waals surface area (Å²) in [6.45, 7) is 3.69. The van der Waals surface area contributed by atoms with Gasteiger partial charge in [0.25, 0.3) is 0 Å². The minimum absolute atomic E-state index is 0.255. The molecule has 0 amide bonds. The maximum atomic E-state index is 13.3. The van der Waals surface area contributed by atoms with Crippen LogP contribution in [-0.4, -0.2) is 0 Å². The average Bonchev–Trinajstić information content (AvgIpc) is 2.25. The summed E-state index contributed by atoms with van der Waals surface area (Å²) in [6.07, 6.45) is 0. The first-order valence-corrected chi connectivity index (χ1v) is 6.62. The SMILES string of the molecule is Cc1cc(F)cc(C)c1C(N)c1cc(Cl)cc(Cl)c1. The van der Waals surface area contributed by atoms with Crippen molar-refractivity contribution in [1.29, 1.82) is 0 Å². The second kappa shape index (κ2) is 5.49. The van der Waals surface area contributed by atoms with Crippen molar-refractivity contribution < 1.29 is 4.39 Å². The van der Waals surface area contributed by atoms with Crippen molar-refractivity contribution in [2.75, 3.05) is 0 Å². The summed E-state index contributed by atoms with van der Waals surface area (Å²) >= 11 is 12.0. The van der Waals surface area contributed by atoms with Gasteiger partial charge < -0.3 is 5.73 Å². The van der Waals surface area contributed by atoms with Crippen molar-refractivity contribution in [2.24, 2.45) is 5.73 Å². The van der Waals surface area contributed by atoms with E-state index in [1.54, 1.807) is 18.2 Å². The van der Waals surface area contributed by atoms with Crippen LogP contribution in [-0.2, 0) is 0 Å². The molecule has 0 radical (unpaired) electrons. The van der Waals surface area contributed by atoms with Crippen molar-refractivity contribution >= 4 is 23.2 Å². The molecule has 19 heavy (non-hydrogen) atoms. The Morgan fingerprint density at radius 2 is 1.42 bits per heavy atom. The largest absolute Gasteiger partial charge is 0.320 e. The Bertz CT molecular complexity index is 582. The summed E-state index contributed by atoms with van der Waals surface area (Å²) in [5, 5.41) is 1.07. The molecule has 1 unspecified atom stereocenters. The number of hydrogen-bond acceptors (Lipinski definition) is 1. The highest BCUT2D eigenvalue weighted by atomic mass is 35.5. The van der Waals surface area contributed by atoms with Gasteiger partial charge in [0.2, 0.25) is 0 Å². The normalized spacial score (nSPS) is 12.5. The molecule has 1 atom stereocenters. The molecule has 0 heterocycles. The third-order valence-electron chi connectivity index (χ3n) is 3.11. The van der Waals surface area contributed by atoms with Gasteiger partial charge in [-0.3, -0.25) is 0 Å². The van der Waals surface area contributed by atoms with Gasteiger partial charge in [0, 0.05) is 10.0 Å². The van der Waals surface area contributed by atoms with E-state index in [9.17, 15) is 4.39 Å².